The number of aromatic carboxylic acids is 1. The quantitative estimate of drug-likeness (QED) is 0.420. The van der Waals surface area contributed by atoms with Crippen LogP contribution < -0.4 is 15.5 Å². The van der Waals surface area contributed by atoms with Gasteiger partial charge in [-0.05, 0) is 40.7 Å². The van der Waals surface area contributed by atoms with E-state index in [1.54, 1.807) is 4.57 Å². The molecule has 1 unspecified atom stereocenters. The molecule has 0 radical (unpaired) electrons. The number of aromatic nitrogens is 1. The number of hydrogen-bond donors (Lipinski definition) is 2. The van der Waals surface area contributed by atoms with Gasteiger partial charge in [-0.1, -0.05) is 78.9 Å². The first kappa shape index (κ1) is 23.7. The lowest BCUT2D eigenvalue weighted by Gasteiger charge is -2.36. The number of rotatable bonds is 5. The fraction of sp³-hybridized carbons (Fsp3) is 0.194. The number of ether oxygens (including phenoxy) is 1. The maximum atomic E-state index is 13.3. The molecule has 0 spiro atoms. The van der Waals surface area contributed by atoms with Crippen LogP contribution in [0.25, 0.3) is 0 Å². The van der Waals surface area contributed by atoms with Crippen molar-refractivity contribution in [3.05, 3.63) is 134 Å². The minimum Gasteiger partial charge on any atom is -0.483 e. The summed E-state index contributed by atoms with van der Waals surface area (Å²) in [4.78, 5) is 38.7. The highest BCUT2D eigenvalue weighted by molar-refractivity contribution is 5.97. The third-order valence-electron chi connectivity index (χ3n) is 7.52. The van der Waals surface area contributed by atoms with E-state index in [1.165, 1.54) is 17.3 Å². The van der Waals surface area contributed by atoms with Crippen LogP contribution in [0, 0.1) is 0 Å². The zero-order valence-electron chi connectivity index (χ0n) is 20.6. The first-order valence-electron chi connectivity index (χ1n) is 12.7. The fourth-order valence-corrected chi connectivity index (χ4v) is 5.75. The molecule has 0 bridgehead atoms. The molecule has 1 aliphatic carbocycles. The van der Waals surface area contributed by atoms with Crippen LogP contribution >= 0.6 is 0 Å². The number of aryl methyl sites for hydroxylation is 2. The Kier molecular flexibility index (Phi) is 6.04. The third kappa shape index (κ3) is 4.06. The zero-order chi connectivity index (χ0) is 26.2. The Hall–Kier alpha value is -4.65. The minimum absolute atomic E-state index is 0.0270. The van der Waals surface area contributed by atoms with Crippen molar-refractivity contribution in [2.75, 3.05) is 6.54 Å². The second kappa shape index (κ2) is 9.67. The van der Waals surface area contributed by atoms with Crippen molar-refractivity contribution in [3.63, 3.8) is 0 Å². The van der Waals surface area contributed by atoms with Gasteiger partial charge in [0.1, 0.15) is 12.2 Å². The first-order chi connectivity index (χ1) is 18.5. The minimum atomic E-state index is -1.36. The molecule has 0 saturated heterocycles. The average Bonchev–Trinajstić information content (AvgIpc) is 3.10. The number of pyridine rings is 1. The van der Waals surface area contributed by atoms with Crippen LogP contribution in [0.1, 0.15) is 60.6 Å². The van der Waals surface area contributed by atoms with Crippen molar-refractivity contribution in [1.29, 1.82) is 0 Å². The van der Waals surface area contributed by atoms with Gasteiger partial charge in [0, 0.05) is 18.7 Å². The SMILES string of the molecule is O=C(O)c1cn2c(c(OCc3ccccc3)c1=O)C(=O)NCC2C1c2ccccc2CCc2ccccc21. The Labute approximate surface area is 219 Å². The topological polar surface area (TPSA) is 97.6 Å². The number of fused-ring (bicyclic) bond motifs is 3. The molecule has 1 aromatic heterocycles. The van der Waals surface area contributed by atoms with Crippen LogP contribution in [0.3, 0.4) is 0 Å². The summed E-state index contributed by atoms with van der Waals surface area (Å²) in [5.41, 5.74) is 4.30. The van der Waals surface area contributed by atoms with E-state index >= 15 is 0 Å². The van der Waals surface area contributed by atoms with Crippen LogP contribution in [0.4, 0.5) is 0 Å². The highest BCUT2D eigenvalue weighted by atomic mass is 16.5. The molecule has 4 aromatic rings. The average molecular weight is 507 g/mol. The molecule has 190 valence electrons. The van der Waals surface area contributed by atoms with Crippen LogP contribution in [0.5, 0.6) is 5.75 Å². The van der Waals surface area contributed by atoms with E-state index in [9.17, 15) is 19.5 Å². The summed E-state index contributed by atoms with van der Waals surface area (Å²) in [6.45, 7) is 0.304. The molecule has 2 aliphatic rings. The summed E-state index contributed by atoms with van der Waals surface area (Å²) in [6.07, 6.45) is 3.08. The van der Waals surface area contributed by atoms with Crippen molar-refractivity contribution < 1.29 is 19.4 Å². The molecule has 1 aliphatic heterocycles. The molecular formula is C31H26N2O5. The molecular weight excluding hydrogens is 480 g/mol. The van der Waals surface area contributed by atoms with Gasteiger partial charge in [0.15, 0.2) is 11.4 Å². The van der Waals surface area contributed by atoms with Gasteiger partial charge >= 0.3 is 5.97 Å². The third-order valence-corrected chi connectivity index (χ3v) is 7.52. The van der Waals surface area contributed by atoms with Crippen LogP contribution in [0.15, 0.2) is 89.9 Å². The molecule has 38 heavy (non-hydrogen) atoms. The van der Waals surface area contributed by atoms with E-state index in [2.05, 4.69) is 29.6 Å². The molecule has 7 nitrogen and oxygen atoms in total. The van der Waals surface area contributed by atoms with Crippen LogP contribution in [-0.4, -0.2) is 28.1 Å². The maximum absolute atomic E-state index is 13.3. The number of hydrogen-bond acceptors (Lipinski definition) is 4. The van der Waals surface area contributed by atoms with E-state index in [1.807, 2.05) is 54.6 Å². The number of amides is 1. The highest BCUT2D eigenvalue weighted by Gasteiger charge is 2.38. The molecule has 2 N–H and O–H groups in total. The monoisotopic (exact) mass is 506 g/mol. The van der Waals surface area contributed by atoms with Crippen molar-refractivity contribution in [2.45, 2.75) is 31.4 Å². The number of carboxylic acids is 1. The Morgan fingerprint density at radius 1 is 0.895 bits per heavy atom. The second-order valence-corrected chi connectivity index (χ2v) is 9.69. The standard InChI is InChI=1S/C31H26N2O5/c34-28-24(31(36)37)17-33-25(16-32-30(35)27(33)29(28)38-18-19-8-2-1-3-9-19)26-22-12-6-4-10-20(22)14-15-21-11-5-7-13-23(21)26/h1-13,17,25-26H,14-16,18H2,(H,32,35)(H,36,37). The molecule has 3 aromatic carbocycles. The zero-order valence-corrected chi connectivity index (χ0v) is 20.6. The largest absolute Gasteiger partial charge is 0.483 e. The lowest BCUT2D eigenvalue weighted by atomic mass is 9.81. The van der Waals surface area contributed by atoms with Gasteiger partial charge in [0.05, 0.1) is 6.04 Å². The van der Waals surface area contributed by atoms with Gasteiger partial charge in [-0.3, -0.25) is 9.59 Å². The van der Waals surface area contributed by atoms with Gasteiger partial charge < -0.3 is 19.7 Å². The lowest BCUT2D eigenvalue weighted by molar-refractivity contribution is 0.0690. The number of benzene rings is 3. The van der Waals surface area contributed by atoms with Gasteiger partial charge in [-0.15, -0.1) is 0 Å². The van der Waals surface area contributed by atoms with Gasteiger partial charge in [0.25, 0.3) is 5.91 Å². The van der Waals surface area contributed by atoms with E-state index in [-0.39, 0.29) is 36.6 Å². The first-order valence-corrected chi connectivity index (χ1v) is 12.7. The summed E-state index contributed by atoms with van der Waals surface area (Å²) in [5.74, 6) is -2.24. The molecule has 7 heteroatoms. The van der Waals surface area contributed by atoms with Gasteiger partial charge in [0.2, 0.25) is 5.43 Å². The summed E-state index contributed by atoms with van der Waals surface area (Å²) in [7, 11) is 0. The van der Waals surface area contributed by atoms with Crippen molar-refractivity contribution in [1.82, 2.24) is 9.88 Å². The molecule has 1 amide bonds. The summed E-state index contributed by atoms with van der Waals surface area (Å²) < 4.78 is 7.58. The Morgan fingerprint density at radius 2 is 1.50 bits per heavy atom. The maximum Gasteiger partial charge on any atom is 0.341 e. The van der Waals surface area contributed by atoms with Crippen molar-refractivity contribution in [3.8, 4) is 5.75 Å². The Balaban J connectivity index is 1.55. The van der Waals surface area contributed by atoms with E-state index in [4.69, 9.17) is 4.74 Å². The Bertz CT molecular complexity index is 1560. The van der Waals surface area contributed by atoms with Gasteiger partial charge in [-0.25, -0.2) is 4.79 Å². The number of carboxylic acid groups (broad SMARTS) is 1. The van der Waals surface area contributed by atoms with Crippen LogP contribution in [-0.2, 0) is 19.4 Å². The van der Waals surface area contributed by atoms with E-state index in [0.29, 0.717) is 0 Å². The predicted molar refractivity (Wildman–Crippen MR) is 142 cm³/mol. The molecule has 2 heterocycles. The van der Waals surface area contributed by atoms with Crippen molar-refractivity contribution in [2.24, 2.45) is 0 Å². The van der Waals surface area contributed by atoms with E-state index in [0.717, 1.165) is 29.5 Å². The molecule has 1 atom stereocenters. The number of carbonyl (C=O) groups excluding carboxylic acids is 1. The molecule has 0 saturated carbocycles. The number of carbonyl (C=O) groups is 2. The molecule has 6 rings (SSSR count). The Morgan fingerprint density at radius 3 is 2.13 bits per heavy atom. The number of nitrogens with zero attached hydrogens (tertiary/aromatic N) is 1. The summed E-state index contributed by atoms with van der Waals surface area (Å²) in [6, 6.07) is 25.4. The predicted octanol–water partition coefficient (Wildman–Crippen LogP) is 4.34. The lowest BCUT2D eigenvalue weighted by Crippen LogP contribution is -2.44. The highest BCUT2D eigenvalue weighted by Crippen LogP contribution is 2.43. The normalized spacial score (nSPS) is 16.4. The van der Waals surface area contributed by atoms with Crippen molar-refractivity contribution >= 4 is 11.9 Å². The number of nitrogens with one attached hydrogen (secondary N) is 1. The molecule has 0 fully saturated rings. The fourth-order valence-electron chi connectivity index (χ4n) is 5.75. The summed E-state index contributed by atoms with van der Waals surface area (Å²) >= 11 is 0. The van der Waals surface area contributed by atoms with E-state index < -0.39 is 22.9 Å². The smallest absolute Gasteiger partial charge is 0.341 e. The second-order valence-electron chi connectivity index (χ2n) is 9.69. The van der Waals surface area contributed by atoms with Gasteiger partial charge in [-0.2, -0.15) is 0 Å². The van der Waals surface area contributed by atoms with Crippen LogP contribution in [0.2, 0.25) is 0 Å². The summed E-state index contributed by atoms with van der Waals surface area (Å²) in [5, 5.41) is 12.9.